The predicted octanol–water partition coefficient (Wildman–Crippen LogP) is 5.89. The molecule has 0 radical (unpaired) electrons. The molecule has 0 spiro atoms. The Hall–Kier alpha value is -1.87. The minimum absolute atomic E-state index is 0.0809. The van der Waals surface area contributed by atoms with Gasteiger partial charge in [0.15, 0.2) is 0 Å². The van der Waals surface area contributed by atoms with Crippen molar-refractivity contribution in [1.82, 2.24) is 0 Å². The van der Waals surface area contributed by atoms with Crippen molar-refractivity contribution in [3.05, 3.63) is 52.3 Å². The molecule has 2 N–H and O–H groups in total. The molecule has 0 aliphatic rings. The van der Waals surface area contributed by atoms with Crippen LogP contribution in [-0.2, 0) is 13.0 Å². The Labute approximate surface area is 150 Å². The number of hydrogen-bond acceptors (Lipinski definition) is 2. The van der Waals surface area contributed by atoms with E-state index in [0.29, 0.717) is 11.5 Å². The smallest absolute Gasteiger partial charge is 0.126 e. The first-order valence-corrected chi connectivity index (χ1v) is 9.10. The SMILES string of the molecule is CCCc1c(C(C)C)cc(C(C)C)c(CO)c1-c1ccc(F)cc1O. The van der Waals surface area contributed by atoms with Crippen LogP contribution in [0.5, 0.6) is 5.75 Å². The molecule has 0 aliphatic carbocycles. The lowest BCUT2D eigenvalue weighted by atomic mass is 9.80. The van der Waals surface area contributed by atoms with E-state index in [0.717, 1.165) is 41.2 Å². The van der Waals surface area contributed by atoms with Crippen LogP contribution in [0.1, 0.15) is 75.1 Å². The number of phenols is 1. The topological polar surface area (TPSA) is 40.5 Å². The quantitative estimate of drug-likeness (QED) is 0.686. The minimum atomic E-state index is -0.465. The second-order valence-electron chi connectivity index (χ2n) is 7.27. The van der Waals surface area contributed by atoms with E-state index in [-0.39, 0.29) is 18.3 Å². The van der Waals surface area contributed by atoms with Gasteiger partial charge in [0.1, 0.15) is 11.6 Å². The molecule has 0 unspecified atom stereocenters. The van der Waals surface area contributed by atoms with Crippen LogP contribution in [0.2, 0.25) is 0 Å². The summed E-state index contributed by atoms with van der Waals surface area (Å²) in [5, 5.41) is 20.5. The number of aliphatic hydroxyl groups excluding tert-OH is 1. The van der Waals surface area contributed by atoms with Crippen molar-refractivity contribution in [3.63, 3.8) is 0 Å². The molecule has 0 aliphatic heterocycles. The van der Waals surface area contributed by atoms with Gasteiger partial charge in [-0.2, -0.15) is 0 Å². The van der Waals surface area contributed by atoms with Gasteiger partial charge < -0.3 is 10.2 Å². The van der Waals surface area contributed by atoms with Gasteiger partial charge in [-0.3, -0.25) is 0 Å². The number of aliphatic hydroxyl groups is 1. The molecule has 2 rings (SSSR count). The molecule has 136 valence electrons. The Morgan fingerprint density at radius 1 is 0.960 bits per heavy atom. The van der Waals surface area contributed by atoms with Crippen LogP contribution in [0, 0.1) is 5.82 Å². The van der Waals surface area contributed by atoms with Crippen LogP contribution in [0.25, 0.3) is 11.1 Å². The predicted molar refractivity (Wildman–Crippen MR) is 102 cm³/mol. The number of benzene rings is 2. The van der Waals surface area contributed by atoms with Gasteiger partial charge in [0.05, 0.1) is 6.61 Å². The van der Waals surface area contributed by atoms with Crippen molar-refractivity contribution in [3.8, 4) is 16.9 Å². The van der Waals surface area contributed by atoms with Crippen LogP contribution in [0.4, 0.5) is 4.39 Å². The molecule has 2 nitrogen and oxygen atoms in total. The van der Waals surface area contributed by atoms with E-state index in [1.807, 2.05) is 0 Å². The summed E-state index contributed by atoms with van der Waals surface area (Å²) < 4.78 is 13.5. The normalized spacial score (nSPS) is 11.6. The first-order chi connectivity index (χ1) is 11.8. The van der Waals surface area contributed by atoms with E-state index in [2.05, 4.69) is 40.7 Å². The minimum Gasteiger partial charge on any atom is -0.507 e. The van der Waals surface area contributed by atoms with E-state index >= 15 is 0 Å². The number of phenolic OH excluding ortho intramolecular Hbond substituents is 1. The molecule has 0 bridgehead atoms. The molecule has 0 fully saturated rings. The summed E-state index contributed by atoms with van der Waals surface area (Å²) in [4.78, 5) is 0. The summed E-state index contributed by atoms with van der Waals surface area (Å²) in [5.74, 6) is 0.0282. The molecule has 0 heterocycles. The van der Waals surface area contributed by atoms with Gasteiger partial charge in [-0.1, -0.05) is 47.1 Å². The largest absolute Gasteiger partial charge is 0.507 e. The average molecular weight is 344 g/mol. The molecule has 2 aromatic rings. The van der Waals surface area contributed by atoms with Gasteiger partial charge in [-0.05, 0) is 58.2 Å². The molecule has 3 heteroatoms. The van der Waals surface area contributed by atoms with E-state index < -0.39 is 5.82 Å². The highest BCUT2D eigenvalue weighted by molar-refractivity contribution is 5.79. The summed E-state index contributed by atoms with van der Waals surface area (Å²) in [7, 11) is 0. The highest BCUT2D eigenvalue weighted by atomic mass is 19.1. The Morgan fingerprint density at radius 2 is 1.56 bits per heavy atom. The summed E-state index contributed by atoms with van der Waals surface area (Å²) in [6, 6.07) is 6.33. The zero-order chi connectivity index (χ0) is 18.7. The number of rotatable bonds is 6. The molecule has 0 saturated carbocycles. The highest BCUT2D eigenvalue weighted by Crippen LogP contribution is 2.42. The van der Waals surface area contributed by atoms with E-state index in [1.54, 1.807) is 6.07 Å². The standard InChI is InChI=1S/C22H29FO2/c1-6-7-16-18(13(2)3)11-19(14(4)5)20(12-24)22(16)17-9-8-15(23)10-21(17)25/h8-11,13-14,24-25H,6-7,12H2,1-5H3. The van der Waals surface area contributed by atoms with Crippen molar-refractivity contribution in [2.75, 3.05) is 0 Å². The zero-order valence-electron chi connectivity index (χ0n) is 15.9. The maximum Gasteiger partial charge on any atom is 0.126 e. The number of hydrogen-bond donors (Lipinski definition) is 2. The van der Waals surface area contributed by atoms with Crippen LogP contribution in [0.3, 0.4) is 0 Å². The second-order valence-corrected chi connectivity index (χ2v) is 7.27. The van der Waals surface area contributed by atoms with E-state index in [9.17, 15) is 14.6 Å². The first-order valence-electron chi connectivity index (χ1n) is 9.10. The van der Waals surface area contributed by atoms with Gasteiger partial charge in [-0.25, -0.2) is 4.39 Å². The van der Waals surface area contributed by atoms with Gasteiger partial charge in [0.2, 0.25) is 0 Å². The van der Waals surface area contributed by atoms with Gasteiger partial charge in [0, 0.05) is 11.6 Å². The molecular weight excluding hydrogens is 315 g/mol. The van der Waals surface area contributed by atoms with Crippen molar-refractivity contribution < 1.29 is 14.6 Å². The maximum absolute atomic E-state index is 13.5. The molecule has 0 saturated heterocycles. The van der Waals surface area contributed by atoms with Crippen molar-refractivity contribution in [1.29, 1.82) is 0 Å². The highest BCUT2D eigenvalue weighted by Gasteiger charge is 2.23. The third-order valence-electron chi connectivity index (χ3n) is 4.74. The summed E-state index contributed by atoms with van der Waals surface area (Å²) in [6.07, 6.45) is 1.81. The zero-order valence-corrected chi connectivity index (χ0v) is 15.9. The molecular formula is C22H29FO2. The fourth-order valence-corrected chi connectivity index (χ4v) is 3.57. The lowest BCUT2D eigenvalue weighted by molar-refractivity contribution is 0.280. The molecule has 2 aromatic carbocycles. The first kappa shape index (κ1) is 19.5. The van der Waals surface area contributed by atoms with E-state index in [1.165, 1.54) is 11.6 Å². The van der Waals surface area contributed by atoms with Crippen LogP contribution >= 0.6 is 0 Å². The fourth-order valence-electron chi connectivity index (χ4n) is 3.57. The van der Waals surface area contributed by atoms with Crippen molar-refractivity contribution in [2.24, 2.45) is 0 Å². The fraction of sp³-hybridized carbons (Fsp3) is 0.455. The number of halogens is 1. The molecule has 0 amide bonds. The molecule has 0 aromatic heterocycles. The number of aromatic hydroxyl groups is 1. The molecule has 25 heavy (non-hydrogen) atoms. The van der Waals surface area contributed by atoms with Crippen LogP contribution in [-0.4, -0.2) is 10.2 Å². The van der Waals surface area contributed by atoms with Crippen LogP contribution in [0.15, 0.2) is 24.3 Å². The van der Waals surface area contributed by atoms with E-state index in [4.69, 9.17) is 0 Å². The van der Waals surface area contributed by atoms with Gasteiger partial charge in [-0.15, -0.1) is 0 Å². The van der Waals surface area contributed by atoms with Crippen molar-refractivity contribution >= 4 is 0 Å². The monoisotopic (exact) mass is 344 g/mol. The lowest BCUT2D eigenvalue weighted by Gasteiger charge is -2.25. The van der Waals surface area contributed by atoms with Crippen LogP contribution < -0.4 is 0 Å². The Bertz CT molecular complexity index is 748. The third-order valence-corrected chi connectivity index (χ3v) is 4.74. The maximum atomic E-state index is 13.5. The summed E-state index contributed by atoms with van der Waals surface area (Å²) in [5.41, 5.74) is 5.78. The van der Waals surface area contributed by atoms with Gasteiger partial charge in [0.25, 0.3) is 0 Å². The average Bonchev–Trinajstić information content (AvgIpc) is 2.54. The Morgan fingerprint density at radius 3 is 2.04 bits per heavy atom. The summed E-state index contributed by atoms with van der Waals surface area (Å²) in [6.45, 7) is 10.5. The second kappa shape index (κ2) is 8.01. The van der Waals surface area contributed by atoms with Crippen molar-refractivity contribution in [2.45, 2.75) is 65.9 Å². The lowest BCUT2D eigenvalue weighted by Crippen LogP contribution is -2.09. The van der Waals surface area contributed by atoms with Gasteiger partial charge >= 0.3 is 0 Å². The Balaban J connectivity index is 2.94. The molecule has 0 atom stereocenters. The summed E-state index contributed by atoms with van der Waals surface area (Å²) >= 11 is 0. The Kier molecular flexibility index (Phi) is 6.23. The third kappa shape index (κ3) is 3.87.